The van der Waals surface area contributed by atoms with E-state index in [9.17, 15) is 10.2 Å². The highest BCUT2D eigenvalue weighted by Crippen LogP contribution is 2.12. The minimum absolute atomic E-state index is 0.0167. The van der Waals surface area contributed by atoms with Crippen molar-refractivity contribution in [2.45, 2.75) is 38.4 Å². The van der Waals surface area contributed by atoms with Gasteiger partial charge in [0.15, 0.2) is 0 Å². The van der Waals surface area contributed by atoms with Crippen LogP contribution in [-0.2, 0) is 35.7 Å². The lowest BCUT2D eigenvalue weighted by Crippen LogP contribution is -2.35. The molecule has 4 aromatic carbocycles. The molecule has 216 valence electrons. The molecule has 0 radical (unpaired) electrons. The first-order valence-corrected chi connectivity index (χ1v) is 14.3. The van der Waals surface area contributed by atoms with E-state index >= 15 is 0 Å². The number of aliphatic hydroxyl groups excluding tert-OH is 2. The first-order chi connectivity index (χ1) is 20.1. The highest BCUT2D eigenvalue weighted by Gasteiger charge is 2.15. The fraction of sp³-hybridized carbons (Fsp3) is 0.314. The highest BCUT2D eigenvalue weighted by atomic mass is 16.7. The standard InChI is InChI=1S/C35H42N2O4/c38-34(25-36(21-30-13-5-1-6-14-30)22-31-15-7-2-8-16-31)27-40-29-41-28-35(39)26-37(23-32-17-9-3-10-18-32)24-33-19-11-4-12-20-33/h1-20,34-35,38-39H,21-29H2. The zero-order chi connectivity index (χ0) is 28.5. The Morgan fingerprint density at radius 3 is 0.976 bits per heavy atom. The third-order valence-electron chi connectivity index (χ3n) is 6.72. The third-order valence-corrected chi connectivity index (χ3v) is 6.72. The van der Waals surface area contributed by atoms with Crippen molar-refractivity contribution in [2.24, 2.45) is 0 Å². The van der Waals surface area contributed by atoms with Crippen molar-refractivity contribution in [3.05, 3.63) is 144 Å². The first-order valence-electron chi connectivity index (χ1n) is 14.3. The number of hydrogen-bond donors (Lipinski definition) is 2. The van der Waals surface area contributed by atoms with Crippen LogP contribution in [0.2, 0.25) is 0 Å². The topological polar surface area (TPSA) is 65.4 Å². The van der Waals surface area contributed by atoms with E-state index in [1.807, 2.05) is 72.8 Å². The molecule has 0 bridgehead atoms. The van der Waals surface area contributed by atoms with Crippen LogP contribution in [0.3, 0.4) is 0 Å². The lowest BCUT2D eigenvalue weighted by atomic mass is 10.1. The number of hydrogen-bond acceptors (Lipinski definition) is 6. The van der Waals surface area contributed by atoms with E-state index in [1.54, 1.807) is 0 Å². The van der Waals surface area contributed by atoms with Gasteiger partial charge in [-0.2, -0.15) is 0 Å². The zero-order valence-corrected chi connectivity index (χ0v) is 23.7. The molecule has 0 saturated carbocycles. The summed E-state index contributed by atoms with van der Waals surface area (Å²) in [7, 11) is 0. The second kappa shape index (κ2) is 17.5. The summed E-state index contributed by atoms with van der Waals surface area (Å²) in [6.07, 6.45) is -1.33. The van der Waals surface area contributed by atoms with Crippen LogP contribution in [0.1, 0.15) is 22.3 Å². The number of ether oxygens (including phenoxy) is 2. The van der Waals surface area contributed by atoms with Crippen molar-refractivity contribution in [3.63, 3.8) is 0 Å². The smallest absolute Gasteiger partial charge is 0.146 e. The lowest BCUT2D eigenvalue weighted by molar-refractivity contribution is -0.103. The van der Waals surface area contributed by atoms with Crippen LogP contribution in [0.4, 0.5) is 0 Å². The summed E-state index contributed by atoms with van der Waals surface area (Å²) in [6, 6.07) is 41.1. The van der Waals surface area contributed by atoms with Crippen LogP contribution < -0.4 is 0 Å². The van der Waals surface area contributed by atoms with Gasteiger partial charge in [-0.15, -0.1) is 0 Å². The zero-order valence-electron chi connectivity index (χ0n) is 23.7. The molecule has 2 unspecified atom stereocenters. The van der Waals surface area contributed by atoms with Crippen molar-refractivity contribution >= 4 is 0 Å². The van der Waals surface area contributed by atoms with Crippen LogP contribution in [-0.4, -0.2) is 65.3 Å². The van der Waals surface area contributed by atoms with E-state index in [4.69, 9.17) is 9.47 Å². The van der Waals surface area contributed by atoms with Crippen molar-refractivity contribution in [3.8, 4) is 0 Å². The summed E-state index contributed by atoms with van der Waals surface area (Å²) in [5, 5.41) is 21.4. The Balaban J connectivity index is 1.19. The van der Waals surface area contributed by atoms with Crippen molar-refractivity contribution < 1.29 is 19.7 Å². The van der Waals surface area contributed by atoms with Gasteiger partial charge in [-0.1, -0.05) is 121 Å². The van der Waals surface area contributed by atoms with Crippen LogP contribution in [0.5, 0.6) is 0 Å². The first kappa shape index (κ1) is 30.6. The highest BCUT2D eigenvalue weighted by molar-refractivity contribution is 5.18. The van der Waals surface area contributed by atoms with E-state index in [1.165, 1.54) is 22.3 Å². The van der Waals surface area contributed by atoms with Crippen LogP contribution in [0.15, 0.2) is 121 Å². The monoisotopic (exact) mass is 554 g/mol. The second-order valence-corrected chi connectivity index (χ2v) is 10.4. The maximum absolute atomic E-state index is 10.7. The number of nitrogens with zero attached hydrogens (tertiary/aromatic N) is 2. The predicted octanol–water partition coefficient (Wildman–Crippen LogP) is 5.10. The molecule has 4 rings (SSSR count). The van der Waals surface area contributed by atoms with Gasteiger partial charge in [-0.25, -0.2) is 0 Å². The van der Waals surface area contributed by atoms with Crippen LogP contribution in [0.25, 0.3) is 0 Å². The summed E-state index contributed by atoms with van der Waals surface area (Å²) in [4.78, 5) is 4.44. The minimum Gasteiger partial charge on any atom is -0.389 e. The third kappa shape index (κ3) is 12.0. The summed E-state index contributed by atoms with van der Waals surface area (Å²) < 4.78 is 11.2. The van der Waals surface area contributed by atoms with Crippen LogP contribution >= 0.6 is 0 Å². The van der Waals surface area contributed by atoms with E-state index in [0.717, 1.165) is 26.2 Å². The number of rotatable bonds is 18. The molecule has 0 aliphatic heterocycles. The molecule has 4 aromatic rings. The molecule has 0 fully saturated rings. The quantitative estimate of drug-likeness (QED) is 0.132. The normalized spacial score (nSPS) is 13.0. The van der Waals surface area contributed by atoms with Crippen molar-refractivity contribution in [2.75, 3.05) is 33.1 Å². The molecule has 2 atom stereocenters. The van der Waals surface area contributed by atoms with Gasteiger partial charge in [-0.05, 0) is 22.3 Å². The summed E-state index contributed by atoms with van der Waals surface area (Å²) in [5.74, 6) is 0. The van der Waals surface area contributed by atoms with Gasteiger partial charge in [0.2, 0.25) is 0 Å². The Morgan fingerprint density at radius 1 is 0.439 bits per heavy atom. The maximum Gasteiger partial charge on any atom is 0.146 e. The molecule has 41 heavy (non-hydrogen) atoms. The molecule has 0 heterocycles. The van der Waals surface area contributed by atoms with Gasteiger partial charge in [0.05, 0.1) is 25.4 Å². The molecular weight excluding hydrogens is 512 g/mol. The number of aliphatic hydroxyl groups is 2. The van der Waals surface area contributed by atoms with Gasteiger partial charge in [-0.3, -0.25) is 9.80 Å². The Bertz CT molecular complexity index is 1030. The minimum atomic E-state index is -0.664. The Morgan fingerprint density at radius 2 is 0.707 bits per heavy atom. The van der Waals surface area contributed by atoms with Gasteiger partial charge >= 0.3 is 0 Å². The van der Waals surface area contributed by atoms with Gasteiger partial charge in [0.25, 0.3) is 0 Å². The fourth-order valence-electron chi connectivity index (χ4n) is 4.87. The van der Waals surface area contributed by atoms with Crippen molar-refractivity contribution in [1.29, 1.82) is 0 Å². The van der Waals surface area contributed by atoms with Gasteiger partial charge in [0, 0.05) is 39.3 Å². The van der Waals surface area contributed by atoms with Gasteiger partial charge in [0.1, 0.15) is 6.79 Å². The molecule has 0 spiro atoms. The molecule has 0 aliphatic carbocycles. The van der Waals surface area contributed by atoms with E-state index in [2.05, 4.69) is 58.3 Å². The van der Waals surface area contributed by atoms with Crippen molar-refractivity contribution in [1.82, 2.24) is 9.80 Å². The number of benzene rings is 4. The molecule has 0 saturated heterocycles. The largest absolute Gasteiger partial charge is 0.389 e. The summed E-state index contributed by atoms with van der Waals surface area (Å²) >= 11 is 0. The average molecular weight is 555 g/mol. The SMILES string of the molecule is OC(COCOCC(O)CN(Cc1ccccc1)Cc1ccccc1)CN(Cc1ccccc1)Cc1ccccc1. The molecule has 0 aromatic heterocycles. The predicted molar refractivity (Wildman–Crippen MR) is 163 cm³/mol. The average Bonchev–Trinajstić information content (AvgIpc) is 2.99. The van der Waals surface area contributed by atoms with Gasteiger partial charge < -0.3 is 19.7 Å². The Kier molecular flexibility index (Phi) is 13.0. The Labute approximate surface area is 244 Å². The Hall–Kier alpha value is -3.36. The van der Waals surface area contributed by atoms with E-state index < -0.39 is 12.2 Å². The molecule has 0 aliphatic rings. The molecule has 2 N–H and O–H groups in total. The molecular formula is C35H42N2O4. The van der Waals surface area contributed by atoms with E-state index in [0.29, 0.717) is 13.1 Å². The van der Waals surface area contributed by atoms with Crippen LogP contribution in [0, 0.1) is 0 Å². The molecule has 6 heteroatoms. The molecule has 0 amide bonds. The maximum atomic E-state index is 10.7. The summed E-state index contributed by atoms with van der Waals surface area (Å²) in [5.41, 5.74) is 4.79. The summed E-state index contributed by atoms with van der Waals surface area (Å²) in [6.45, 7) is 4.21. The molecule has 6 nitrogen and oxygen atoms in total. The fourth-order valence-corrected chi connectivity index (χ4v) is 4.87. The second-order valence-electron chi connectivity index (χ2n) is 10.4. The lowest BCUT2D eigenvalue weighted by Gasteiger charge is -2.26. The van der Waals surface area contributed by atoms with E-state index in [-0.39, 0.29) is 20.0 Å².